The first-order valence-corrected chi connectivity index (χ1v) is 5.05. The number of hydrogen-bond donors (Lipinski definition) is 2. The maximum absolute atomic E-state index is 11.3. The molecule has 4 nitrogen and oxygen atoms in total. The van der Waals surface area contributed by atoms with E-state index in [4.69, 9.17) is 4.74 Å². The van der Waals surface area contributed by atoms with E-state index < -0.39 is 0 Å². The van der Waals surface area contributed by atoms with Crippen molar-refractivity contribution in [1.29, 1.82) is 0 Å². The Morgan fingerprint density at radius 1 is 1.50 bits per heavy atom. The van der Waals surface area contributed by atoms with E-state index in [-0.39, 0.29) is 23.7 Å². The number of nitrogens with one attached hydrogen (secondary N) is 2. The van der Waals surface area contributed by atoms with Crippen LogP contribution in [0.15, 0.2) is 0 Å². The fourth-order valence-electron chi connectivity index (χ4n) is 1.67. The van der Waals surface area contributed by atoms with Crippen molar-refractivity contribution in [2.24, 2.45) is 0 Å². The SMILES string of the molecule is CNC(=O)[C@@H]1C[C@H](OC(C)(C)C)CN1. The molecule has 0 aliphatic carbocycles. The van der Waals surface area contributed by atoms with Gasteiger partial charge >= 0.3 is 0 Å². The molecule has 0 spiro atoms. The molecule has 0 bridgehead atoms. The minimum absolute atomic E-state index is 0.0463. The predicted octanol–water partition coefficient (Wildman–Crippen LogP) is 0.278. The molecule has 0 radical (unpaired) electrons. The maximum Gasteiger partial charge on any atom is 0.236 e. The lowest BCUT2D eigenvalue weighted by Gasteiger charge is -2.24. The molecule has 0 aromatic rings. The number of rotatable bonds is 2. The summed E-state index contributed by atoms with van der Waals surface area (Å²) in [5.41, 5.74) is -0.135. The van der Waals surface area contributed by atoms with Crippen LogP contribution in [0.5, 0.6) is 0 Å². The summed E-state index contributed by atoms with van der Waals surface area (Å²) in [6.07, 6.45) is 0.911. The highest BCUT2D eigenvalue weighted by atomic mass is 16.5. The van der Waals surface area contributed by atoms with Crippen LogP contribution in [0.2, 0.25) is 0 Å². The second-order valence-electron chi connectivity index (χ2n) is 4.66. The normalized spacial score (nSPS) is 27.7. The van der Waals surface area contributed by atoms with Crippen molar-refractivity contribution in [3.63, 3.8) is 0 Å². The Kier molecular flexibility index (Phi) is 3.50. The van der Waals surface area contributed by atoms with Crippen LogP contribution in [0.25, 0.3) is 0 Å². The summed E-state index contributed by atoms with van der Waals surface area (Å²) in [6.45, 7) is 6.84. The van der Waals surface area contributed by atoms with Crippen LogP contribution in [0.4, 0.5) is 0 Å². The lowest BCUT2D eigenvalue weighted by atomic mass is 10.1. The van der Waals surface area contributed by atoms with E-state index in [1.807, 2.05) is 20.8 Å². The van der Waals surface area contributed by atoms with E-state index in [1.165, 1.54) is 0 Å². The third-order valence-electron chi connectivity index (χ3n) is 2.17. The zero-order valence-corrected chi connectivity index (χ0v) is 9.39. The average Bonchev–Trinajstić information content (AvgIpc) is 2.48. The largest absolute Gasteiger partial charge is 0.371 e. The molecule has 0 saturated carbocycles. The van der Waals surface area contributed by atoms with Crippen molar-refractivity contribution in [2.45, 2.75) is 44.9 Å². The van der Waals surface area contributed by atoms with Crippen molar-refractivity contribution in [3.05, 3.63) is 0 Å². The Hall–Kier alpha value is -0.610. The molecule has 0 aromatic carbocycles. The highest BCUT2D eigenvalue weighted by Gasteiger charge is 2.31. The Morgan fingerprint density at radius 3 is 2.64 bits per heavy atom. The summed E-state index contributed by atoms with van der Waals surface area (Å²) in [5, 5.41) is 5.78. The van der Waals surface area contributed by atoms with Crippen LogP contribution in [0.1, 0.15) is 27.2 Å². The first kappa shape index (κ1) is 11.5. The molecule has 0 unspecified atom stereocenters. The highest BCUT2D eigenvalue weighted by Crippen LogP contribution is 2.17. The number of carbonyl (C=O) groups excluding carboxylic acids is 1. The zero-order valence-electron chi connectivity index (χ0n) is 9.39. The third kappa shape index (κ3) is 3.27. The van der Waals surface area contributed by atoms with E-state index >= 15 is 0 Å². The molecular formula is C10H20N2O2. The Labute approximate surface area is 85.4 Å². The smallest absolute Gasteiger partial charge is 0.236 e. The molecule has 1 heterocycles. The number of ether oxygens (including phenoxy) is 1. The van der Waals surface area contributed by atoms with Gasteiger partial charge in [-0.25, -0.2) is 0 Å². The molecule has 1 amide bonds. The second-order valence-corrected chi connectivity index (χ2v) is 4.66. The molecule has 2 N–H and O–H groups in total. The summed E-state index contributed by atoms with van der Waals surface area (Å²) >= 11 is 0. The van der Waals surface area contributed by atoms with Gasteiger partial charge in [-0.2, -0.15) is 0 Å². The summed E-state index contributed by atoms with van der Waals surface area (Å²) in [7, 11) is 1.65. The van der Waals surface area contributed by atoms with Crippen LogP contribution in [-0.2, 0) is 9.53 Å². The van der Waals surface area contributed by atoms with E-state index in [9.17, 15) is 4.79 Å². The molecule has 14 heavy (non-hydrogen) atoms. The zero-order chi connectivity index (χ0) is 10.8. The van der Waals surface area contributed by atoms with Crippen molar-refractivity contribution in [2.75, 3.05) is 13.6 Å². The summed E-state index contributed by atoms with van der Waals surface area (Å²) < 4.78 is 5.78. The molecular weight excluding hydrogens is 180 g/mol. The van der Waals surface area contributed by atoms with Crippen LogP contribution in [0, 0.1) is 0 Å². The average molecular weight is 200 g/mol. The van der Waals surface area contributed by atoms with Gasteiger partial charge in [0.25, 0.3) is 0 Å². The fraction of sp³-hybridized carbons (Fsp3) is 0.900. The Balaban J connectivity index is 2.38. The van der Waals surface area contributed by atoms with Gasteiger partial charge in [0.1, 0.15) is 0 Å². The molecule has 1 aliphatic rings. The molecule has 1 fully saturated rings. The lowest BCUT2D eigenvalue weighted by Crippen LogP contribution is -2.38. The number of amides is 1. The van der Waals surface area contributed by atoms with Gasteiger partial charge in [-0.3, -0.25) is 4.79 Å². The fourth-order valence-corrected chi connectivity index (χ4v) is 1.67. The Morgan fingerprint density at radius 2 is 2.14 bits per heavy atom. The van der Waals surface area contributed by atoms with E-state index in [0.717, 1.165) is 13.0 Å². The molecule has 1 rings (SSSR count). The van der Waals surface area contributed by atoms with Crippen molar-refractivity contribution < 1.29 is 9.53 Å². The van der Waals surface area contributed by atoms with E-state index in [0.29, 0.717) is 0 Å². The van der Waals surface area contributed by atoms with Crippen LogP contribution >= 0.6 is 0 Å². The van der Waals surface area contributed by atoms with E-state index in [1.54, 1.807) is 7.05 Å². The minimum Gasteiger partial charge on any atom is -0.371 e. The predicted molar refractivity (Wildman–Crippen MR) is 55.1 cm³/mol. The van der Waals surface area contributed by atoms with Crippen LogP contribution in [-0.4, -0.2) is 37.2 Å². The van der Waals surface area contributed by atoms with Gasteiger partial charge in [-0.15, -0.1) is 0 Å². The van der Waals surface area contributed by atoms with Crippen LogP contribution in [0.3, 0.4) is 0 Å². The first-order valence-electron chi connectivity index (χ1n) is 5.05. The van der Waals surface area contributed by atoms with Gasteiger partial charge in [0.05, 0.1) is 17.7 Å². The lowest BCUT2D eigenvalue weighted by molar-refractivity contribution is -0.122. The number of likely N-dealkylation sites (N-methyl/N-ethyl adjacent to an activating group) is 1. The molecule has 2 atom stereocenters. The molecule has 82 valence electrons. The molecule has 1 saturated heterocycles. The summed E-state index contributed by atoms with van der Waals surface area (Å²) in [6, 6.07) is -0.0904. The van der Waals surface area contributed by atoms with E-state index in [2.05, 4.69) is 10.6 Å². The summed E-state index contributed by atoms with van der Waals surface area (Å²) in [5.74, 6) is 0.0463. The van der Waals surface area contributed by atoms with Gasteiger partial charge in [0.2, 0.25) is 5.91 Å². The van der Waals surface area contributed by atoms with Gasteiger partial charge < -0.3 is 15.4 Å². The van der Waals surface area contributed by atoms with Gasteiger partial charge in [-0.1, -0.05) is 0 Å². The Bertz CT molecular complexity index is 211. The monoisotopic (exact) mass is 200 g/mol. The van der Waals surface area contributed by atoms with Crippen LogP contribution < -0.4 is 10.6 Å². The highest BCUT2D eigenvalue weighted by molar-refractivity contribution is 5.81. The standard InChI is InChI=1S/C10H20N2O2/c1-10(2,3)14-7-5-8(12-6-7)9(13)11-4/h7-8,12H,5-6H2,1-4H3,(H,11,13)/t7-,8-/m0/s1. The van der Waals surface area contributed by atoms with Gasteiger partial charge in [0.15, 0.2) is 0 Å². The van der Waals surface area contributed by atoms with Gasteiger partial charge in [0, 0.05) is 13.6 Å². The first-order chi connectivity index (χ1) is 6.42. The number of carbonyl (C=O) groups is 1. The third-order valence-corrected chi connectivity index (χ3v) is 2.17. The molecule has 1 aliphatic heterocycles. The second kappa shape index (κ2) is 4.28. The van der Waals surface area contributed by atoms with Crippen molar-refractivity contribution in [1.82, 2.24) is 10.6 Å². The topological polar surface area (TPSA) is 50.4 Å². The van der Waals surface area contributed by atoms with Crippen molar-refractivity contribution >= 4 is 5.91 Å². The number of hydrogen-bond acceptors (Lipinski definition) is 3. The quantitative estimate of drug-likeness (QED) is 0.673. The molecule has 4 heteroatoms. The van der Waals surface area contributed by atoms with Gasteiger partial charge in [-0.05, 0) is 27.2 Å². The minimum atomic E-state index is -0.135. The summed E-state index contributed by atoms with van der Waals surface area (Å²) in [4.78, 5) is 11.3. The van der Waals surface area contributed by atoms with Crippen molar-refractivity contribution in [3.8, 4) is 0 Å². The molecule has 0 aromatic heterocycles. The maximum atomic E-state index is 11.3.